The second-order valence-corrected chi connectivity index (χ2v) is 8.82. The molecule has 1 fully saturated rings. The summed E-state index contributed by atoms with van der Waals surface area (Å²) in [5.74, 6) is -0.893. The average Bonchev–Trinajstić information content (AvgIpc) is 2.99. The highest BCUT2D eigenvalue weighted by molar-refractivity contribution is 7.88. The second-order valence-electron chi connectivity index (χ2n) is 6.51. The van der Waals surface area contributed by atoms with Gasteiger partial charge < -0.3 is 10.5 Å². The average molecular weight is 409 g/mol. The molecule has 3 rings (SSSR count). The van der Waals surface area contributed by atoms with Gasteiger partial charge in [-0.3, -0.25) is 4.79 Å². The Labute approximate surface area is 163 Å². The molecule has 0 aromatic heterocycles. The quantitative estimate of drug-likeness (QED) is 0.767. The first-order valence-electron chi connectivity index (χ1n) is 8.47. The number of sulfonamides is 1. The van der Waals surface area contributed by atoms with E-state index in [1.165, 1.54) is 11.4 Å². The van der Waals surface area contributed by atoms with Gasteiger partial charge in [-0.15, -0.1) is 0 Å². The number of methoxy groups -OCH3 is 1. The molecule has 0 amide bonds. The molecule has 144 valence electrons. The number of esters is 1. The molecule has 1 heterocycles. The number of hydrogen-bond acceptors (Lipinski definition) is 5. The fraction of sp³-hybridized carbons (Fsp3) is 0.316. The first-order valence-corrected chi connectivity index (χ1v) is 10.5. The van der Waals surface area contributed by atoms with E-state index < -0.39 is 34.1 Å². The van der Waals surface area contributed by atoms with Crippen LogP contribution in [0.2, 0.25) is 5.02 Å². The van der Waals surface area contributed by atoms with Crippen molar-refractivity contribution in [3.05, 3.63) is 70.7 Å². The number of carbonyl (C=O) groups is 1. The number of nitrogens with two attached hydrogens (primary N) is 1. The van der Waals surface area contributed by atoms with Crippen LogP contribution in [0, 0.1) is 0 Å². The lowest BCUT2D eigenvalue weighted by atomic mass is 10.0. The Bertz CT molecular complexity index is 920. The van der Waals surface area contributed by atoms with Crippen molar-refractivity contribution in [3.63, 3.8) is 0 Å². The first-order chi connectivity index (χ1) is 12.8. The Kier molecular flexibility index (Phi) is 5.86. The van der Waals surface area contributed by atoms with Gasteiger partial charge in [0.1, 0.15) is 6.04 Å². The van der Waals surface area contributed by atoms with Crippen molar-refractivity contribution in [2.45, 2.75) is 30.3 Å². The van der Waals surface area contributed by atoms with Gasteiger partial charge in [-0.1, -0.05) is 54.1 Å². The molecule has 0 radical (unpaired) electrons. The monoisotopic (exact) mass is 408 g/mol. The number of rotatable bonds is 5. The molecule has 1 aliphatic heterocycles. The minimum absolute atomic E-state index is 0.195. The molecule has 2 aromatic rings. The van der Waals surface area contributed by atoms with Crippen LogP contribution in [0.4, 0.5) is 0 Å². The van der Waals surface area contributed by atoms with Gasteiger partial charge in [0.25, 0.3) is 0 Å². The molecule has 1 saturated heterocycles. The maximum Gasteiger partial charge on any atom is 0.324 e. The summed E-state index contributed by atoms with van der Waals surface area (Å²) >= 11 is 5.98. The number of ether oxygens (including phenoxy) is 1. The molecule has 0 unspecified atom stereocenters. The van der Waals surface area contributed by atoms with Gasteiger partial charge in [0.15, 0.2) is 0 Å². The van der Waals surface area contributed by atoms with Gasteiger partial charge in [0, 0.05) is 11.1 Å². The van der Waals surface area contributed by atoms with Crippen LogP contribution in [0.25, 0.3) is 0 Å². The third kappa shape index (κ3) is 4.16. The van der Waals surface area contributed by atoms with E-state index in [2.05, 4.69) is 0 Å². The SMILES string of the molecule is COC(=O)[C@@H]1C[C@@H](N)[C@H](c2ccccc2)N1S(=O)(=O)Cc1cccc(Cl)c1. The number of nitrogens with zero attached hydrogens (tertiary/aromatic N) is 1. The Morgan fingerprint density at radius 1 is 1.22 bits per heavy atom. The predicted octanol–water partition coefficient (Wildman–Crippen LogP) is 2.49. The molecule has 2 N–H and O–H groups in total. The van der Waals surface area contributed by atoms with Gasteiger partial charge in [0.05, 0.1) is 18.9 Å². The molecule has 1 aliphatic rings. The maximum atomic E-state index is 13.3. The lowest BCUT2D eigenvalue weighted by molar-refractivity contribution is -0.144. The zero-order chi connectivity index (χ0) is 19.6. The summed E-state index contributed by atoms with van der Waals surface area (Å²) in [7, 11) is -2.63. The predicted molar refractivity (Wildman–Crippen MR) is 103 cm³/mol. The Morgan fingerprint density at radius 3 is 2.56 bits per heavy atom. The van der Waals surface area contributed by atoms with E-state index in [0.29, 0.717) is 10.6 Å². The fourth-order valence-electron chi connectivity index (χ4n) is 3.53. The zero-order valence-corrected chi connectivity index (χ0v) is 16.4. The van der Waals surface area contributed by atoms with Gasteiger partial charge >= 0.3 is 5.97 Å². The third-order valence-corrected chi connectivity index (χ3v) is 6.71. The van der Waals surface area contributed by atoms with Crippen molar-refractivity contribution in [1.82, 2.24) is 4.31 Å². The summed E-state index contributed by atoms with van der Waals surface area (Å²) in [6, 6.07) is 13.6. The summed E-state index contributed by atoms with van der Waals surface area (Å²) in [6.07, 6.45) is 0.195. The smallest absolute Gasteiger partial charge is 0.324 e. The summed E-state index contributed by atoms with van der Waals surface area (Å²) < 4.78 is 32.6. The second kappa shape index (κ2) is 7.98. The topological polar surface area (TPSA) is 89.7 Å². The number of benzene rings is 2. The van der Waals surface area contributed by atoms with Crippen LogP contribution in [-0.4, -0.2) is 37.9 Å². The molecule has 0 bridgehead atoms. The van der Waals surface area contributed by atoms with Crippen molar-refractivity contribution in [3.8, 4) is 0 Å². The maximum absolute atomic E-state index is 13.3. The van der Waals surface area contributed by atoms with Gasteiger partial charge in [-0.2, -0.15) is 4.31 Å². The van der Waals surface area contributed by atoms with E-state index in [1.807, 2.05) is 30.3 Å². The van der Waals surface area contributed by atoms with E-state index in [1.54, 1.807) is 24.3 Å². The van der Waals surface area contributed by atoms with Crippen molar-refractivity contribution in [2.24, 2.45) is 5.73 Å². The minimum atomic E-state index is -3.87. The van der Waals surface area contributed by atoms with Crippen LogP contribution in [0.1, 0.15) is 23.6 Å². The van der Waals surface area contributed by atoms with Gasteiger partial charge in [0.2, 0.25) is 10.0 Å². The number of halogens is 1. The molecule has 27 heavy (non-hydrogen) atoms. The summed E-state index contributed by atoms with van der Waals surface area (Å²) in [5.41, 5.74) is 7.55. The minimum Gasteiger partial charge on any atom is -0.468 e. The highest BCUT2D eigenvalue weighted by Crippen LogP contribution is 2.39. The molecular formula is C19H21ClN2O4S. The Morgan fingerprint density at radius 2 is 1.93 bits per heavy atom. The van der Waals surface area contributed by atoms with Crippen LogP contribution in [0.15, 0.2) is 54.6 Å². The Balaban J connectivity index is 2.03. The molecule has 0 saturated carbocycles. The molecule has 8 heteroatoms. The largest absolute Gasteiger partial charge is 0.468 e. The van der Waals surface area contributed by atoms with Crippen molar-refractivity contribution >= 4 is 27.6 Å². The number of hydrogen-bond donors (Lipinski definition) is 1. The molecular weight excluding hydrogens is 388 g/mol. The van der Waals surface area contributed by atoms with E-state index in [4.69, 9.17) is 22.1 Å². The Hall–Kier alpha value is -1.93. The summed E-state index contributed by atoms with van der Waals surface area (Å²) in [5, 5.41) is 0.449. The molecule has 0 spiro atoms. The van der Waals surface area contributed by atoms with Gasteiger partial charge in [-0.05, 0) is 29.7 Å². The van der Waals surface area contributed by atoms with Crippen molar-refractivity contribution in [1.29, 1.82) is 0 Å². The molecule has 3 atom stereocenters. The zero-order valence-electron chi connectivity index (χ0n) is 14.8. The van der Waals surface area contributed by atoms with E-state index >= 15 is 0 Å². The van der Waals surface area contributed by atoms with E-state index in [9.17, 15) is 13.2 Å². The molecule has 6 nitrogen and oxygen atoms in total. The lowest BCUT2D eigenvalue weighted by Gasteiger charge is -2.29. The van der Waals surface area contributed by atoms with Crippen molar-refractivity contribution < 1.29 is 17.9 Å². The number of carbonyl (C=O) groups excluding carboxylic acids is 1. The van der Waals surface area contributed by atoms with Gasteiger partial charge in [-0.25, -0.2) is 8.42 Å². The highest BCUT2D eigenvalue weighted by Gasteiger charge is 2.50. The standard InChI is InChI=1S/C19H21ClN2O4S/c1-26-19(23)17-11-16(21)18(14-7-3-2-4-8-14)22(17)27(24,25)12-13-6-5-9-15(20)10-13/h2-10,16-18H,11-12,21H2,1H3/t16-,17+,18+/m1/s1. The van der Waals surface area contributed by atoms with Crippen LogP contribution >= 0.6 is 11.6 Å². The van der Waals surface area contributed by atoms with Crippen molar-refractivity contribution in [2.75, 3.05) is 7.11 Å². The lowest BCUT2D eigenvalue weighted by Crippen LogP contribution is -2.43. The summed E-state index contributed by atoms with van der Waals surface area (Å²) in [4.78, 5) is 12.3. The summed E-state index contributed by atoms with van der Waals surface area (Å²) in [6.45, 7) is 0. The molecule has 2 aromatic carbocycles. The van der Waals surface area contributed by atoms with Crippen LogP contribution < -0.4 is 5.73 Å². The normalized spacial score (nSPS) is 23.3. The first kappa shape index (κ1) is 19.8. The van der Waals surface area contributed by atoms with Crippen LogP contribution in [-0.2, 0) is 25.3 Å². The third-order valence-electron chi connectivity index (χ3n) is 4.66. The van der Waals surface area contributed by atoms with Crippen LogP contribution in [0.5, 0.6) is 0 Å². The van der Waals surface area contributed by atoms with E-state index in [0.717, 1.165) is 5.56 Å². The fourth-order valence-corrected chi connectivity index (χ4v) is 5.68. The van der Waals surface area contributed by atoms with E-state index in [-0.39, 0.29) is 12.2 Å². The molecule has 0 aliphatic carbocycles. The van der Waals surface area contributed by atoms with Crippen LogP contribution in [0.3, 0.4) is 0 Å². The highest BCUT2D eigenvalue weighted by atomic mass is 35.5.